The van der Waals surface area contributed by atoms with E-state index < -0.39 is 18.0 Å². The number of nitrogens with zero attached hydrogens (tertiary/aromatic N) is 1. The maximum Gasteiger partial charge on any atom is 0.338 e. The average Bonchev–Trinajstić information content (AvgIpc) is 3.29. The zero-order chi connectivity index (χ0) is 18.1. The number of benzene rings is 2. The number of fused-ring (bicyclic) bond motifs is 2. The van der Waals surface area contributed by atoms with E-state index >= 15 is 0 Å². The lowest BCUT2D eigenvalue weighted by Crippen LogP contribution is -2.30. The quantitative estimate of drug-likeness (QED) is 0.699. The Labute approximate surface area is 148 Å². The number of hydrogen-bond donors (Lipinski definition) is 2. The Morgan fingerprint density at radius 3 is 2.92 bits per heavy atom. The van der Waals surface area contributed by atoms with Gasteiger partial charge in [0.1, 0.15) is 0 Å². The Kier molecular flexibility index (Phi) is 3.92. The molecule has 1 atom stereocenters. The van der Waals surface area contributed by atoms with Crippen molar-refractivity contribution in [3.63, 3.8) is 0 Å². The summed E-state index contributed by atoms with van der Waals surface area (Å²) in [6.45, 7) is 1.66. The first-order valence-corrected chi connectivity index (χ1v) is 7.95. The highest BCUT2D eigenvalue weighted by atomic mass is 16.7. The van der Waals surface area contributed by atoms with Gasteiger partial charge >= 0.3 is 5.97 Å². The number of carbonyl (C=O) groups is 2. The SMILES string of the molecule is CC(OC(=O)c1ccc2nc[nH]c2c1)C(=O)Nc1ccc2c(c1)OCO2. The number of amides is 1. The van der Waals surface area contributed by atoms with Crippen molar-refractivity contribution in [3.05, 3.63) is 48.3 Å². The van der Waals surface area contributed by atoms with E-state index in [9.17, 15) is 9.59 Å². The molecule has 26 heavy (non-hydrogen) atoms. The van der Waals surface area contributed by atoms with Crippen LogP contribution in [0.5, 0.6) is 11.5 Å². The first kappa shape index (κ1) is 15.9. The summed E-state index contributed by atoms with van der Waals surface area (Å²) < 4.78 is 15.7. The van der Waals surface area contributed by atoms with Gasteiger partial charge in [-0.2, -0.15) is 0 Å². The number of anilines is 1. The highest BCUT2D eigenvalue weighted by Gasteiger charge is 2.21. The van der Waals surface area contributed by atoms with Gasteiger partial charge < -0.3 is 24.5 Å². The maximum atomic E-state index is 12.3. The number of hydrogen-bond acceptors (Lipinski definition) is 6. The molecule has 0 fully saturated rings. The van der Waals surface area contributed by atoms with Crippen molar-refractivity contribution in [2.24, 2.45) is 0 Å². The van der Waals surface area contributed by atoms with Gasteiger partial charge in [0, 0.05) is 11.8 Å². The van der Waals surface area contributed by atoms with Crippen LogP contribution in [0.3, 0.4) is 0 Å². The minimum atomic E-state index is -0.967. The van der Waals surface area contributed by atoms with Crippen molar-refractivity contribution in [1.29, 1.82) is 0 Å². The van der Waals surface area contributed by atoms with E-state index in [2.05, 4.69) is 15.3 Å². The second kappa shape index (κ2) is 6.40. The molecule has 0 aliphatic carbocycles. The van der Waals surface area contributed by atoms with E-state index in [1.54, 1.807) is 42.7 Å². The van der Waals surface area contributed by atoms with Crippen LogP contribution in [0.2, 0.25) is 0 Å². The lowest BCUT2D eigenvalue weighted by molar-refractivity contribution is -0.123. The molecule has 1 aliphatic heterocycles. The van der Waals surface area contributed by atoms with Crippen LogP contribution in [-0.4, -0.2) is 34.7 Å². The molecule has 8 nitrogen and oxygen atoms in total. The zero-order valence-electron chi connectivity index (χ0n) is 13.8. The lowest BCUT2D eigenvalue weighted by Gasteiger charge is -2.14. The maximum absolute atomic E-state index is 12.3. The van der Waals surface area contributed by atoms with Crippen LogP contribution >= 0.6 is 0 Å². The number of H-pyrrole nitrogens is 1. The molecule has 0 saturated heterocycles. The van der Waals surface area contributed by atoms with Crippen LogP contribution in [0.1, 0.15) is 17.3 Å². The smallest absolute Gasteiger partial charge is 0.338 e. The summed E-state index contributed by atoms with van der Waals surface area (Å²) in [6, 6.07) is 9.99. The van der Waals surface area contributed by atoms with E-state index in [4.69, 9.17) is 14.2 Å². The summed E-state index contributed by atoms with van der Waals surface area (Å²) in [7, 11) is 0. The van der Waals surface area contributed by atoms with Crippen molar-refractivity contribution in [1.82, 2.24) is 9.97 Å². The Bertz CT molecular complexity index is 997. The molecule has 0 bridgehead atoms. The minimum Gasteiger partial charge on any atom is -0.454 e. The molecule has 1 aromatic heterocycles. The van der Waals surface area contributed by atoms with Crippen LogP contribution in [0.4, 0.5) is 5.69 Å². The number of aromatic amines is 1. The summed E-state index contributed by atoms with van der Waals surface area (Å²) in [5.41, 5.74) is 2.33. The van der Waals surface area contributed by atoms with E-state index in [1.165, 1.54) is 6.92 Å². The van der Waals surface area contributed by atoms with Crippen LogP contribution in [-0.2, 0) is 9.53 Å². The van der Waals surface area contributed by atoms with Crippen LogP contribution in [0.25, 0.3) is 11.0 Å². The molecule has 2 heterocycles. The fourth-order valence-electron chi connectivity index (χ4n) is 2.56. The van der Waals surface area contributed by atoms with Crippen molar-refractivity contribution >= 4 is 28.6 Å². The van der Waals surface area contributed by atoms with Crippen LogP contribution < -0.4 is 14.8 Å². The lowest BCUT2D eigenvalue weighted by atomic mass is 10.2. The van der Waals surface area contributed by atoms with E-state index in [0.717, 1.165) is 11.0 Å². The van der Waals surface area contributed by atoms with Gasteiger partial charge in [-0.05, 0) is 37.3 Å². The predicted molar refractivity (Wildman–Crippen MR) is 92.2 cm³/mol. The Hall–Kier alpha value is -3.55. The molecule has 1 unspecified atom stereocenters. The number of esters is 1. The summed E-state index contributed by atoms with van der Waals surface area (Å²) >= 11 is 0. The molecule has 1 amide bonds. The third-order valence-electron chi connectivity index (χ3n) is 3.95. The van der Waals surface area contributed by atoms with E-state index in [-0.39, 0.29) is 6.79 Å². The van der Waals surface area contributed by atoms with Crippen LogP contribution in [0.15, 0.2) is 42.7 Å². The molecule has 8 heteroatoms. The molecule has 4 rings (SSSR count). The van der Waals surface area contributed by atoms with Gasteiger partial charge in [-0.15, -0.1) is 0 Å². The number of carbonyl (C=O) groups excluding carboxylic acids is 2. The summed E-state index contributed by atoms with van der Waals surface area (Å²) in [4.78, 5) is 31.5. The monoisotopic (exact) mass is 353 g/mol. The number of imidazole rings is 1. The van der Waals surface area contributed by atoms with Gasteiger partial charge in [-0.25, -0.2) is 9.78 Å². The third-order valence-corrected chi connectivity index (χ3v) is 3.95. The second-order valence-electron chi connectivity index (χ2n) is 5.74. The topological polar surface area (TPSA) is 103 Å². The second-order valence-corrected chi connectivity index (χ2v) is 5.74. The molecule has 132 valence electrons. The molecule has 0 spiro atoms. The first-order valence-electron chi connectivity index (χ1n) is 7.95. The van der Waals surface area contributed by atoms with Gasteiger partial charge in [0.15, 0.2) is 17.6 Å². The highest BCUT2D eigenvalue weighted by molar-refractivity contribution is 5.98. The summed E-state index contributed by atoms with van der Waals surface area (Å²) in [5.74, 6) is 0.145. The predicted octanol–water partition coefficient (Wildman–Crippen LogP) is 2.48. The van der Waals surface area contributed by atoms with Gasteiger partial charge in [0.25, 0.3) is 5.91 Å². The van der Waals surface area contributed by atoms with Gasteiger partial charge in [-0.3, -0.25) is 4.79 Å². The standard InChI is InChI=1S/C18H15N3O5/c1-10(17(22)21-12-3-5-15-16(7-12)25-9-24-15)26-18(23)11-2-4-13-14(6-11)20-8-19-13/h2-8,10H,9H2,1H3,(H,19,20)(H,21,22). The largest absolute Gasteiger partial charge is 0.454 e. The van der Waals surface area contributed by atoms with Gasteiger partial charge in [0.05, 0.1) is 22.9 Å². The Morgan fingerprint density at radius 2 is 2.04 bits per heavy atom. The number of rotatable bonds is 4. The fourth-order valence-corrected chi connectivity index (χ4v) is 2.56. The normalized spacial score (nSPS) is 13.4. The highest BCUT2D eigenvalue weighted by Crippen LogP contribution is 2.34. The van der Waals surface area contributed by atoms with Gasteiger partial charge in [-0.1, -0.05) is 0 Å². The first-order chi connectivity index (χ1) is 12.6. The fraction of sp³-hybridized carbons (Fsp3) is 0.167. The molecular formula is C18H15N3O5. The van der Waals surface area contributed by atoms with Crippen molar-refractivity contribution in [2.75, 3.05) is 12.1 Å². The summed E-state index contributed by atoms with van der Waals surface area (Å²) in [5, 5.41) is 2.69. The number of nitrogens with one attached hydrogen (secondary N) is 2. The molecule has 0 radical (unpaired) electrons. The molecule has 2 aromatic carbocycles. The van der Waals surface area contributed by atoms with E-state index in [1.807, 2.05) is 0 Å². The Balaban J connectivity index is 1.41. The van der Waals surface area contributed by atoms with E-state index in [0.29, 0.717) is 22.7 Å². The molecule has 3 aromatic rings. The van der Waals surface area contributed by atoms with Crippen molar-refractivity contribution < 1.29 is 23.8 Å². The average molecular weight is 353 g/mol. The zero-order valence-corrected chi connectivity index (χ0v) is 13.8. The molecule has 0 saturated carbocycles. The molecule has 1 aliphatic rings. The van der Waals surface area contributed by atoms with Crippen molar-refractivity contribution in [2.45, 2.75) is 13.0 Å². The minimum absolute atomic E-state index is 0.154. The number of ether oxygens (including phenoxy) is 3. The Morgan fingerprint density at radius 1 is 1.19 bits per heavy atom. The van der Waals surface area contributed by atoms with Crippen molar-refractivity contribution in [3.8, 4) is 11.5 Å². The van der Waals surface area contributed by atoms with Crippen LogP contribution in [0, 0.1) is 0 Å². The molecule has 2 N–H and O–H groups in total. The third kappa shape index (κ3) is 3.04. The molecular weight excluding hydrogens is 338 g/mol. The number of aromatic nitrogens is 2. The summed E-state index contributed by atoms with van der Waals surface area (Å²) in [6.07, 6.45) is 0.576. The van der Waals surface area contributed by atoms with Gasteiger partial charge in [0.2, 0.25) is 6.79 Å².